The van der Waals surface area contributed by atoms with E-state index in [1.165, 1.54) is 81.8 Å². The smallest absolute Gasteiger partial charge is 0.0991 e. The maximum absolute atomic E-state index is 9.02. The van der Waals surface area contributed by atoms with Gasteiger partial charge in [-0.15, -0.1) is 0 Å². The fraction of sp³-hybridized carbons (Fsp3) is 0.682. The van der Waals surface area contributed by atoms with Crippen molar-refractivity contribution >= 4 is 0 Å². The van der Waals surface area contributed by atoms with Crippen molar-refractivity contribution in [1.29, 1.82) is 5.26 Å². The minimum Gasteiger partial charge on any atom is -0.192 e. The zero-order chi connectivity index (χ0) is 16.1. The summed E-state index contributed by atoms with van der Waals surface area (Å²) in [5.74, 6) is 2.92. The molecule has 23 heavy (non-hydrogen) atoms. The largest absolute Gasteiger partial charge is 0.192 e. The third-order valence-corrected chi connectivity index (χ3v) is 6.31. The molecule has 0 heterocycles. The second-order valence-corrected chi connectivity index (χ2v) is 7.96. The lowest BCUT2D eigenvalue weighted by Crippen LogP contribution is -2.18. The van der Waals surface area contributed by atoms with E-state index in [0.29, 0.717) is 0 Å². The quantitative estimate of drug-likeness (QED) is 0.649. The summed E-state index contributed by atoms with van der Waals surface area (Å²) < 4.78 is 0. The predicted octanol–water partition coefficient (Wildman–Crippen LogP) is 6.05. The number of hydrogen-bond donors (Lipinski definition) is 0. The summed E-state index contributed by atoms with van der Waals surface area (Å²) in [6.07, 6.45) is 15.4. The Labute approximate surface area is 142 Å². The van der Waals surface area contributed by atoms with Crippen molar-refractivity contribution in [2.24, 2.45) is 17.8 Å². The van der Waals surface area contributed by atoms with Crippen molar-refractivity contribution in [1.82, 2.24) is 0 Å². The summed E-state index contributed by atoms with van der Waals surface area (Å²) in [6, 6.07) is 8.58. The number of aryl methyl sites for hydroxylation is 1. The van der Waals surface area contributed by atoms with Gasteiger partial charge in [-0.05, 0) is 66.7 Å². The molecule has 1 heteroatoms. The maximum Gasteiger partial charge on any atom is 0.0991 e. The molecule has 1 nitrogen and oxygen atoms in total. The van der Waals surface area contributed by atoms with E-state index < -0.39 is 0 Å². The minimum absolute atomic E-state index is 0.825. The van der Waals surface area contributed by atoms with Gasteiger partial charge in [0.2, 0.25) is 0 Å². The first-order chi connectivity index (χ1) is 11.3. The van der Waals surface area contributed by atoms with Crippen molar-refractivity contribution in [3.63, 3.8) is 0 Å². The van der Waals surface area contributed by atoms with Crippen molar-refractivity contribution in [2.75, 3.05) is 0 Å². The lowest BCUT2D eigenvalue weighted by Gasteiger charge is -2.30. The van der Waals surface area contributed by atoms with Crippen LogP contribution in [0.1, 0.15) is 81.4 Å². The summed E-state index contributed by atoms with van der Waals surface area (Å²) in [5.41, 5.74) is 3.76. The van der Waals surface area contributed by atoms with Crippen LogP contribution < -0.4 is 0 Å². The minimum atomic E-state index is 0.825. The molecule has 0 saturated heterocycles. The third-order valence-electron chi connectivity index (χ3n) is 6.31. The van der Waals surface area contributed by atoms with Crippen molar-refractivity contribution < 1.29 is 0 Å². The lowest BCUT2D eigenvalue weighted by atomic mass is 9.75. The molecule has 3 rings (SSSR count). The Hall–Kier alpha value is -1.29. The van der Waals surface area contributed by atoms with E-state index in [0.717, 1.165) is 23.3 Å². The van der Waals surface area contributed by atoms with Crippen LogP contribution in [0.3, 0.4) is 0 Å². The van der Waals surface area contributed by atoms with Gasteiger partial charge in [0, 0.05) is 0 Å². The van der Waals surface area contributed by atoms with Crippen LogP contribution in [0.25, 0.3) is 0 Å². The third kappa shape index (κ3) is 4.37. The summed E-state index contributed by atoms with van der Waals surface area (Å²) in [5, 5.41) is 9.02. The van der Waals surface area contributed by atoms with E-state index in [1.54, 1.807) is 0 Å². The van der Waals surface area contributed by atoms with E-state index in [1.807, 2.05) is 6.07 Å². The number of nitrogens with zero attached hydrogens (tertiary/aromatic N) is 1. The molecule has 1 saturated carbocycles. The molecule has 0 aliphatic heterocycles. The number of nitriles is 1. The van der Waals surface area contributed by atoms with Crippen LogP contribution >= 0.6 is 0 Å². The van der Waals surface area contributed by atoms with Crippen LogP contribution in [0.15, 0.2) is 18.2 Å². The van der Waals surface area contributed by atoms with Crippen molar-refractivity contribution in [3.05, 3.63) is 34.9 Å². The SMILES string of the molecule is CCCC1CCC(CCC2CCc3cc(C#N)ccc3C2)CC1. The fourth-order valence-electron chi connectivity index (χ4n) is 4.83. The van der Waals surface area contributed by atoms with E-state index in [4.69, 9.17) is 5.26 Å². The highest BCUT2D eigenvalue weighted by atomic mass is 14.3. The molecular weight excluding hydrogens is 278 g/mol. The van der Waals surface area contributed by atoms with E-state index >= 15 is 0 Å². The molecule has 1 aromatic carbocycles. The molecule has 0 spiro atoms. The first kappa shape index (κ1) is 16.6. The zero-order valence-corrected chi connectivity index (χ0v) is 14.7. The Morgan fingerprint density at radius 2 is 1.61 bits per heavy atom. The number of rotatable bonds is 5. The molecule has 0 radical (unpaired) electrons. The van der Waals surface area contributed by atoms with Crippen LogP contribution in [0.2, 0.25) is 0 Å². The van der Waals surface area contributed by atoms with Crippen LogP contribution in [0.5, 0.6) is 0 Å². The molecule has 0 bridgehead atoms. The molecule has 1 aromatic rings. The van der Waals surface area contributed by atoms with Crippen molar-refractivity contribution in [3.8, 4) is 6.07 Å². The first-order valence-electron chi connectivity index (χ1n) is 9.80. The second kappa shape index (κ2) is 8.00. The molecule has 0 aromatic heterocycles. The molecule has 1 fully saturated rings. The van der Waals surface area contributed by atoms with Crippen LogP contribution in [0, 0.1) is 29.1 Å². The van der Waals surface area contributed by atoms with Crippen molar-refractivity contribution in [2.45, 2.75) is 77.6 Å². The average molecular weight is 309 g/mol. The lowest BCUT2D eigenvalue weighted by molar-refractivity contribution is 0.236. The van der Waals surface area contributed by atoms with Gasteiger partial charge in [-0.1, -0.05) is 57.9 Å². The Morgan fingerprint density at radius 1 is 0.913 bits per heavy atom. The zero-order valence-electron chi connectivity index (χ0n) is 14.7. The molecule has 0 amide bonds. The Kier molecular flexibility index (Phi) is 5.76. The monoisotopic (exact) mass is 309 g/mol. The van der Waals surface area contributed by atoms with Gasteiger partial charge in [-0.25, -0.2) is 0 Å². The Balaban J connectivity index is 1.45. The Morgan fingerprint density at radius 3 is 2.30 bits per heavy atom. The highest BCUT2D eigenvalue weighted by Gasteiger charge is 2.23. The number of fused-ring (bicyclic) bond motifs is 1. The van der Waals surface area contributed by atoms with Gasteiger partial charge in [0.05, 0.1) is 11.6 Å². The molecule has 2 aliphatic rings. The van der Waals surface area contributed by atoms with Gasteiger partial charge in [0.1, 0.15) is 0 Å². The molecule has 1 unspecified atom stereocenters. The average Bonchev–Trinajstić information content (AvgIpc) is 2.61. The molecule has 0 N–H and O–H groups in total. The van der Waals surface area contributed by atoms with Gasteiger partial charge in [0.25, 0.3) is 0 Å². The number of benzene rings is 1. The van der Waals surface area contributed by atoms with E-state index in [9.17, 15) is 0 Å². The van der Waals surface area contributed by atoms with Gasteiger partial charge in [-0.3, -0.25) is 0 Å². The highest BCUT2D eigenvalue weighted by Crippen LogP contribution is 2.36. The number of hydrogen-bond acceptors (Lipinski definition) is 1. The Bertz CT molecular complexity index is 546. The molecule has 2 aliphatic carbocycles. The topological polar surface area (TPSA) is 23.8 Å². The van der Waals surface area contributed by atoms with Gasteiger partial charge >= 0.3 is 0 Å². The van der Waals surface area contributed by atoms with Gasteiger partial charge in [-0.2, -0.15) is 5.26 Å². The predicted molar refractivity (Wildman–Crippen MR) is 96.3 cm³/mol. The van der Waals surface area contributed by atoms with Crippen LogP contribution in [-0.4, -0.2) is 0 Å². The fourth-order valence-corrected chi connectivity index (χ4v) is 4.83. The maximum atomic E-state index is 9.02. The summed E-state index contributed by atoms with van der Waals surface area (Å²) in [7, 11) is 0. The normalized spacial score (nSPS) is 27.2. The first-order valence-corrected chi connectivity index (χ1v) is 9.80. The van der Waals surface area contributed by atoms with Gasteiger partial charge < -0.3 is 0 Å². The summed E-state index contributed by atoms with van der Waals surface area (Å²) in [4.78, 5) is 0. The molecule has 124 valence electrons. The summed E-state index contributed by atoms with van der Waals surface area (Å²) in [6.45, 7) is 2.33. The van der Waals surface area contributed by atoms with E-state index in [2.05, 4.69) is 25.1 Å². The van der Waals surface area contributed by atoms with Crippen LogP contribution in [0.4, 0.5) is 0 Å². The standard InChI is InChI=1S/C22H31N/c1-2-3-17-4-6-18(7-5-17)8-9-19-10-12-22-15-20(16-23)11-13-21(22)14-19/h11,13,15,17-19H,2-10,12,14H2,1H3. The highest BCUT2D eigenvalue weighted by molar-refractivity contribution is 5.39. The van der Waals surface area contributed by atoms with Crippen LogP contribution in [-0.2, 0) is 12.8 Å². The molecule has 1 atom stereocenters. The van der Waals surface area contributed by atoms with Gasteiger partial charge in [0.15, 0.2) is 0 Å². The summed E-state index contributed by atoms with van der Waals surface area (Å²) >= 11 is 0. The second-order valence-electron chi connectivity index (χ2n) is 7.96. The van der Waals surface area contributed by atoms with E-state index in [-0.39, 0.29) is 0 Å². The molecular formula is C22H31N.